The average Bonchev–Trinajstić information content (AvgIpc) is 3.88. The van der Waals surface area contributed by atoms with Gasteiger partial charge in [0.2, 0.25) is 0 Å². The van der Waals surface area contributed by atoms with Crippen LogP contribution in [0.4, 0.5) is 18.4 Å². The lowest BCUT2D eigenvalue weighted by atomic mass is 9.98. The van der Waals surface area contributed by atoms with Crippen molar-refractivity contribution in [2.24, 2.45) is 11.3 Å². The van der Waals surface area contributed by atoms with Gasteiger partial charge in [-0.15, -0.1) is 0 Å². The lowest BCUT2D eigenvalue weighted by molar-refractivity contribution is 0.00620. The van der Waals surface area contributed by atoms with E-state index in [0.717, 1.165) is 77.9 Å². The first kappa shape index (κ1) is 37.1. The number of rotatable bonds is 6. The lowest BCUT2D eigenvalue weighted by Crippen LogP contribution is -2.43. The minimum atomic E-state index is -3.21. The van der Waals surface area contributed by atoms with E-state index >= 15 is 8.78 Å². The van der Waals surface area contributed by atoms with Crippen LogP contribution in [-0.2, 0) is 22.0 Å². The number of nitrogens with zero attached hydrogens (tertiary/aromatic N) is 3. The number of H-pyrrole nitrogens is 2. The Morgan fingerprint density at radius 2 is 1.55 bits per heavy atom. The summed E-state index contributed by atoms with van der Waals surface area (Å²) in [6.07, 6.45) is 5.27. The molecule has 2 bridgehead atoms. The molecule has 306 valence electrons. The summed E-state index contributed by atoms with van der Waals surface area (Å²) in [6, 6.07) is 29.7. The number of aromatic nitrogens is 3. The molecule has 4 atom stereocenters. The molecule has 6 aromatic rings. The summed E-state index contributed by atoms with van der Waals surface area (Å²) in [7, 11) is 0. The van der Waals surface area contributed by atoms with Crippen molar-refractivity contribution in [3.8, 4) is 33.5 Å². The van der Waals surface area contributed by atoms with Crippen LogP contribution in [0.3, 0.4) is 0 Å². The van der Waals surface area contributed by atoms with Crippen LogP contribution >= 0.6 is 0 Å². The highest BCUT2D eigenvalue weighted by Crippen LogP contribution is 2.59. The Morgan fingerprint density at radius 3 is 2.30 bits per heavy atom. The number of amides is 2. The van der Waals surface area contributed by atoms with Crippen molar-refractivity contribution in [3.63, 3.8) is 0 Å². The number of piperidine rings is 1. The fourth-order valence-electron chi connectivity index (χ4n) is 10.5. The zero-order valence-corrected chi connectivity index (χ0v) is 33.9. The summed E-state index contributed by atoms with van der Waals surface area (Å²) in [5.41, 5.74) is 6.72. The Hall–Kier alpha value is -5.97. The minimum absolute atomic E-state index is 0.0231. The summed E-state index contributed by atoms with van der Waals surface area (Å²) in [5, 5.41) is 0. The predicted octanol–water partition coefficient (Wildman–Crippen LogP) is 11.7. The van der Waals surface area contributed by atoms with Crippen LogP contribution < -0.4 is 0 Å². The van der Waals surface area contributed by atoms with Gasteiger partial charge in [-0.05, 0) is 140 Å². The minimum Gasteiger partial charge on any atom is -0.445 e. The maximum Gasteiger partial charge on any atom is 0.411 e. The number of hydrogen-bond donors (Lipinski definition) is 2. The van der Waals surface area contributed by atoms with Gasteiger partial charge in [0.25, 0.3) is 5.92 Å². The summed E-state index contributed by atoms with van der Waals surface area (Å²) >= 11 is 0. The maximum atomic E-state index is 16.6. The Bertz CT molecular complexity index is 2690. The smallest absolute Gasteiger partial charge is 0.411 e. The number of carbonyl (C=O) groups is 2. The van der Waals surface area contributed by atoms with Crippen LogP contribution in [0.25, 0.3) is 44.5 Å². The molecule has 11 heteroatoms. The molecule has 4 heterocycles. The van der Waals surface area contributed by atoms with Crippen molar-refractivity contribution in [1.29, 1.82) is 0 Å². The number of nitrogens with one attached hydrogen (secondary N) is 2. The molecule has 9 nitrogen and oxygen atoms in total. The molecule has 1 spiro atoms. The number of hydrogen-bond acceptors (Lipinski definition) is 5. The third-order valence-corrected chi connectivity index (χ3v) is 13.6. The summed E-state index contributed by atoms with van der Waals surface area (Å²) in [5.74, 6) is -2.18. The van der Waals surface area contributed by atoms with E-state index in [2.05, 4.69) is 9.97 Å². The van der Waals surface area contributed by atoms with Gasteiger partial charge < -0.3 is 19.4 Å². The van der Waals surface area contributed by atoms with Crippen molar-refractivity contribution in [2.45, 2.75) is 95.6 Å². The van der Waals surface area contributed by atoms with E-state index in [1.807, 2.05) is 103 Å². The molecule has 60 heavy (non-hydrogen) atoms. The Labute approximate surface area is 347 Å². The molecule has 4 fully saturated rings. The monoisotopic (exact) mass is 807 g/mol. The maximum absolute atomic E-state index is 16.6. The first-order valence-electron chi connectivity index (χ1n) is 21.2. The van der Waals surface area contributed by atoms with Gasteiger partial charge in [-0.2, -0.15) is 8.78 Å². The Kier molecular flexibility index (Phi) is 8.19. The van der Waals surface area contributed by atoms with Gasteiger partial charge in [0.15, 0.2) is 0 Å². The van der Waals surface area contributed by atoms with Crippen LogP contribution in [0.15, 0.2) is 97.1 Å². The lowest BCUT2D eigenvalue weighted by Gasteiger charge is -2.35. The number of alkyl halides is 2. The van der Waals surface area contributed by atoms with Crippen molar-refractivity contribution < 1.29 is 27.8 Å². The highest BCUT2D eigenvalue weighted by atomic mass is 19.3. The molecule has 5 aliphatic rings. The van der Waals surface area contributed by atoms with Gasteiger partial charge in [-0.3, -0.25) is 9.80 Å². The van der Waals surface area contributed by atoms with Gasteiger partial charge in [-0.1, -0.05) is 60.7 Å². The Morgan fingerprint density at radius 1 is 0.833 bits per heavy atom. The number of fused-ring (bicyclic) bond motifs is 6. The molecule has 2 amide bonds. The summed E-state index contributed by atoms with van der Waals surface area (Å²) in [4.78, 5) is 42.4. The second kappa shape index (κ2) is 13.3. The highest BCUT2D eigenvalue weighted by molar-refractivity contribution is 5.87. The van der Waals surface area contributed by atoms with Crippen LogP contribution in [0.5, 0.6) is 0 Å². The molecule has 11 rings (SSSR count). The summed E-state index contributed by atoms with van der Waals surface area (Å²) in [6.45, 7) is 6.49. The van der Waals surface area contributed by atoms with Gasteiger partial charge in [-0.25, -0.2) is 14.6 Å². The molecule has 2 saturated heterocycles. The zero-order chi connectivity index (χ0) is 41.1. The number of aromatic amines is 2. The topological polar surface area (TPSA) is 104 Å². The van der Waals surface area contributed by atoms with Crippen molar-refractivity contribution >= 4 is 23.2 Å². The van der Waals surface area contributed by atoms with Crippen LogP contribution in [0.2, 0.25) is 0 Å². The number of halogens is 2. The molecular weight excluding hydrogens is 761 g/mol. The van der Waals surface area contributed by atoms with E-state index < -0.39 is 11.5 Å². The number of carbonyl (C=O) groups excluding carboxylic acids is 2. The third-order valence-electron chi connectivity index (χ3n) is 13.6. The van der Waals surface area contributed by atoms with Crippen LogP contribution in [0.1, 0.15) is 99.6 Å². The standard InChI is InChI=1S/C49H47F2N5O4/c1-47(2,3)60-46(58)56-33-13-9-32(21-33)43(56)44-53-39-16-12-30(24-41(39)54-44)29-10-14-34-35-15-11-31(23-37(35)49(50,51)36(34)22-29)38-17-18-40(52-38)42-25-48(19-20-48)27-55(42)45(57)59-26-28-7-5-4-6-8-28/h4-8,10-12,14-18,22-24,32-33,42-43,52H,9,13,19-21,25-27H2,1-3H3,(H,53,54)/t32-,33+,42-,43-/m0/s1. The Balaban J connectivity index is 0.837. The number of imidazole rings is 1. The first-order chi connectivity index (χ1) is 28.8. The highest BCUT2D eigenvalue weighted by Gasteiger charge is 2.55. The normalized spacial score (nSPS) is 23.0. The van der Waals surface area contributed by atoms with Gasteiger partial charge in [0.1, 0.15) is 18.0 Å². The number of benzene rings is 4. The largest absolute Gasteiger partial charge is 0.445 e. The second-order valence-electron chi connectivity index (χ2n) is 18.7. The van der Waals surface area contributed by atoms with Crippen LogP contribution in [-0.4, -0.2) is 55.1 Å². The van der Waals surface area contributed by atoms with Crippen LogP contribution in [0, 0.1) is 11.3 Å². The predicted molar refractivity (Wildman–Crippen MR) is 224 cm³/mol. The second-order valence-corrected chi connectivity index (χ2v) is 18.7. The first-order valence-corrected chi connectivity index (χ1v) is 21.2. The summed E-state index contributed by atoms with van der Waals surface area (Å²) < 4.78 is 44.7. The van der Waals surface area contributed by atoms with E-state index in [1.165, 1.54) is 0 Å². The van der Waals surface area contributed by atoms with E-state index in [1.54, 1.807) is 24.3 Å². The van der Waals surface area contributed by atoms with Gasteiger partial charge in [0, 0.05) is 35.1 Å². The van der Waals surface area contributed by atoms with Crippen molar-refractivity contribution in [1.82, 2.24) is 24.8 Å². The SMILES string of the molecule is CC(C)(C)OC(=O)N1[C@@H]2CC[C@@H](C2)[C@H]1c1nc2ccc(-c3ccc4c(c3)C(F)(F)c3cc(-c5ccc([C@@H]6CC7(CC7)CN6C(=O)OCc6ccccc6)[nH]5)ccc3-4)cc2[nH]1. The third kappa shape index (κ3) is 6.18. The van der Waals surface area contributed by atoms with E-state index in [0.29, 0.717) is 34.7 Å². The van der Waals surface area contributed by atoms with E-state index in [9.17, 15) is 9.59 Å². The fourth-order valence-corrected chi connectivity index (χ4v) is 10.5. The van der Waals surface area contributed by atoms with Crippen molar-refractivity contribution in [2.75, 3.05) is 6.54 Å². The van der Waals surface area contributed by atoms with E-state index in [4.69, 9.17) is 14.5 Å². The average molecular weight is 808 g/mol. The molecule has 2 aromatic heterocycles. The number of likely N-dealkylation sites (tertiary alicyclic amines) is 2. The van der Waals surface area contributed by atoms with Crippen molar-refractivity contribution in [3.05, 3.63) is 125 Å². The van der Waals surface area contributed by atoms with Gasteiger partial charge in [0.05, 0.1) is 23.1 Å². The number of ether oxygens (including phenoxy) is 2. The zero-order valence-electron chi connectivity index (χ0n) is 33.9. The van der Waals surface area contributed by atoms with Gasteiger partial charge >= 0.3 is 12.2 Å². The molecule has 2 N–H and O–H groups in total. The van der Waals surface area contributed by atoms with E-state index in [-0.39, 0.29) is 53.5 Å². The molecule has 2 aliphatic heterocycles. The molecule has 4 aromatic carbocycles. The molecular formula is C49H47F2N5O4. The molecule has 0 unspecified atom stereocenters. The molecule has 2 saturated carbocycles. The fraction of sp³-hybridized carbons (Fsp3) is 0.367. The molecule has 0 radical (unpaired) electrons. The molecule has 3 aliphatic carbocycles. The quantitative estimate of drug-likeness (QED) is 0.174.